The van der Waals surface area contributed by atoms with Gasteiger partial charge in [0.15, 0.2) is 5.69 Å². The molecule has 1 aliphatic carbocycles. The van der Waals surface area contributed by atoms with E-state index in [2.05, 4.69) is 17.1 Å². The van der Waals surface area contributed by atoms with Gasteiger partial charge in [-0.25, -0.2) is 9.78 Å². The summed E-state index contributed by atoms with van der Waals surface area (Å²) in [4.78, 5) is 16.5. The van der Waals surface area contributed by atoms with Gasteiger partial charge in [-0.2, -0.15) is 0 Å². The predicted molar refractivity (Wildman–Crippen MR) is 123 cm³/mol. The molecule has 0 bridgehead atoms. The normalized spacial score (nSPS) is 27.6. The highest BCUT2D eigenvalue weighted by atomic mass is 32.1. The largest absolute Gasteiger partial charge is 0.493 e. The summed E-state index contributed by atoms with van der Waals surface area (Å²) in [7, 11) is 0. The zero-order valence-electron chi connectivity index (χ0n) is 18.6. The Balaban J connectivity index is 1.28. The maximum Gasteiger partial charge on any atom is 0.358 e. The summed E-state index contributed by atoms with van der Waals surface area (Å²) in [6.45, 7) is 4.26. The number of esters is 1. The molecule has 4 rings (SSSR count). The summed E-state index contributed by atoms with van der Waals surface area (Å²) in [5.41, 5.74) is 0.342. The van der Waals surface area contributed by atoms with Crippen LogP contribution < -0.4 is 4.74 Å². The fourth-order valence-corrected chi connectivity index (χ4v) is 5.39. The summed E-state index contributed by atoms with van der Waals surface area (Å²) in [5, 5.41) is 13.2. The Bertz CT molecular complexity index is 912. The number of aliphatic hydroxyl groups excluding tert-OH is 1. The van der Waals surface area contributed by atoms with Crippen molar-refractivity contribution < 1.29 is 24.1 Å². The van der Waals surface area contributed by atoms with Gasteiger partial charge in [-0.15, -0.1) is 11.3 Å². The first-order chi connectivity index (χ1) is 15.5. The Morgan fingerprint density at radius 3 is 2.91 bits per heavy atom. The summed E-state index contributed by atoms with van der Waals surface area (Å²) < 4.78 is 17.3. The number of fused-ring (bicyclic) bond motifs is 1. The minimum atomic E-state index is -0.400. The summed E-state index contributed by atoms with van der Waals surface area (Å²) in [6.07, 6.45) is 6.78. The van der Waals surface area contributed by atoms with E-state index in [1.54, 1.807) is 5.38 Å². The quantitative estimate of drug-likeness (QED) is 0.343. The Morgan fingerprint density at radius 1 is 1.31 bits per heavy atom. The molecule has 1 saturated heterocycles. The van der Waals surface area contributed by atoms with Gasteiger partial charge in [-0.1, -0.05) is 30.4 Å². The molecule has 0 amide bonds. The topological polar surface area (TPSA) is 77.9 Å². The minimum Gasteiger partial charge on any atom is -0.493 e. The molecule has 2 heterocycles. The fourth-order valence-electron chi connectivity index (χ4n) is 4.53. The van der Waals surface area contributed by atoms with E-state index in [0.717, 1.165) is 30.0 Å². The molecule has 1 aliphatic heterocycles. The number of carbonyl (C=O) groups is 1. The van der Waals surface area contributed by atoms with E-state index in [0.29, 0.717) is 24.6 Å². The first kappa shape index (κ1) is 23.0. The lowest BCUT2D eigenvalue weighted by Gasteiger charge is -2.33. The van der Waals surface area contributed by atoms with Gasteiger partial charge >= 0.3 is 5.97 Å². The molecule has 1 aromatic heterocycles. The molecule has 0 spiro atoms. The first-order valence-electron chi connectivity index (χ1n) is 11.4. The molecule has 2 aromatic rings. The highest BCUT2D eigenvalue weighted by Crippen LogP contribution is 2.46. The molecule has 1 N–H and O–H groups in total. The number of thiazole rings is 1. The van der Waals surface area contributed by atoms with Gasteiger partial charge in [0.25, 0.3) is 0 Å². The van der Waals surface area contributed by atoms with Crippen molar-refractivity contribution in [1.29, 1.82) is 0 Å². The van der Waals surface area contributed by atoms with E-state index in [4.69, 9.17) is 14.2 Å². The van der Waals surface area contributed by atoms with Gasteiger partial charge in [0, 0.05) is 17.7 Å². The maximum atomic E-state index is 12.1. The zero-order chi connectivity index (χ0) is 22.5. The van der Waals surface area contributed by atoms with Crippen molar-refractivity contribution in [3.8, 4) is 5.75 Å². The van der Waals surface area contributed by atoms with E-state index < -0.39 is 12.1 Å². The molecule has 2 fully saturated rings. The second-order valence-electron chi connectivity index (χ2n) is 8.69. The van der Waals surface area contributed by atoms with Crippen LogP contribution in [0.25, 0.3) is 0 Å². The molecule has 0 radical (unpaired) electrons. The lowest BCUT2D eigenvalue weighted by Crippen LogP contribution is -2.30. The Morgan fingerprint density at radius 2 is 2.12 bits per heavy atom. The van der Waals surface area contributed by atoms with Crippen LogP contribution in [0.5, 0.6) is 5.75 Å². The third-order valence-electron chi connectivity index (χ3n) is 6.00. The number of ether oxygens (including phenoxy) is 3. The Hall–Kier alpha value is -2.22. The van der Waals surface area contributed by atoms with Gasteiger partial charge < -0.3 is 19.3 Å². The number of carbonyl (C=O) groups excluding carboxylic acids is 1. The van der Waals surface area contributed by atoms with Crippen molar-refractivity contribution >= 4 is 17.3 Å². The lowest BCUT2D eigenvalue weighted by molar-refractivity contribution is -0.0767. The molecule has 1 saturated carbocycles. The van der Waals surface area contributed by atoms with Crippen molar-refractivity contribution in [3.05, 3.63) is 58.6 Å². The van der Waals surface area contributed by atoms with E-state index in [9.17, 15) is 9.90 Å². The Kier molecular flexibility index (Phi) is 7.60. The third-order valence-corrected chi connectivity index (χ3v) is 6.93. The first-order valence-corrected chi connectivity index (χ1v) is 12.2. The second kappa shape index (κ2) is 10.6. The molecule has 7 heteroatoms. The molecule has 32 heavy (non-hydrogen) atoms. The van der Waals surface area contributed by atoms with Crippen LogP contribution in [0.1, 0.15) is 61.1 Å². The van der Waals surface area contributed by atoms with Crippen molar-refractivity contribution in [3.63, 3.8) is 0 Å². The van der Waals surface area contributed by atoms with Crippen LogP contribution in [0.15, 0.2) is 47.9 Å². The average molecular weight is 458 g/mol. The molecule has 5 atom stereocenters. The summed E-state index contributed by atoms with van der Waals surface area (Å²) in [5.74, 6) is 0.883. The monoisotopic (exact) mass is 457 g/mol. The second-order valence-corrected chi connectivity index (χ2v) is 9.58. The molecule has 6 nitrogen and oxygen atoms in total. The number of aliphatic hydroxyl groups is 1. The van der Waals surface area contributed by atoms with Crippen molar-refractivity contribution in [1.82, 2.24) is 4.98 Å². The van der Waals surface area contributed by atoms with Crippen LogP contribution >= 0.6 is 11.3 Å². The molecule has 0 unspecified atom stereocenters. The summed E-state index contributed by atoms with van der Waals surface area (Å²) >= 11 is 1.44. The van der Waals surface area contributed by atoms with E-state index in [-0.39, 0.29) is 24.2 Å². The number of rotatable bonds is 8. The highest BCUT2D eigenvalue weighted by Gasteiger charge is 2.45. The number of para-hydroxylation sites is 1. The molecule has 172 valence electrons. The number of nitrogens with zero attached hydrogens (tertiary/aromatic N) is 1. The standard InChI is InChI=1S/C25H31NO5S/c1-16(2)30-25(28)20-15-32-24(26-20)22-12-11-19-18(21(27)14-23(19)31-22)10-6-7-13-29-17-8-4-3-5-9-17/h3-6,8-10,15-16,18-19,21-23,27H,7,11-14H2,1-2H3/b10-6+/t18-,19-,21-,22-,23+/m1/s1. The number of hydrogen-bond acceptors (Lipinski definition) is 7. The Labute approximate surface area is 193 Å². The maximum absolute atomic E-state index is 12.1. The van der Waals surface area contributed by atoms with Gasteiger partial charge in [-0.05, 0) is 51.2 Å². The lowest BCUT2D eigenvalue weighted by atomic mass is 9.86. The molecular weight excluding hydrogens is 426 g/mol. The van der Waals surface area contributed by atoms with Crippen molar-refractivity contribution in [2.45, 2.75) is 63.9 Å². The van der Waals surface area contributed by atoms with Crippen LogP contribution in [0.4, 0.5) is 0 Å². The number of benzene rings is 1. The SMILES string of the molecule is CC(C)OC(=O)c1csc([C@H]2CC[C@@H]3[C@@H](/C=C/CCOc4ccccc4)[C@H](O)C[C@@H]3O2)n1. The minimum absolute atomic E-state index is 0.00827. The van der Waals surface area contributed by atoms with Crippen LogP contribution in [0, 0.1) is 11.8 Å². The summed E-state index contributed by atoms with van der Waals surface area (Å²) in [6, 6.07) is 9.78. The van der Waals surface area contributed by atoms with E-state index in [1.165, 1.54) is 11.3 Å². The van der Waals surface area contributed by atoms with Crippen LogP contribution in [-0.4, -0.2) is 41.0 Å². The molecule has 1 aromatic carbocycles. The zero-order valence-corrected chi connectivity index (χ0v) is 19.4. The van der Waals surface area contributed by atoms with Gasteiger partial charge in [-0.3, -0.25) is 0 Å². The van der Waals surface area contributed by atoms with E-state index >= 15 is 0 Å². The predicted octanol–water partition coefficient (Wildman–Crippen LogP) is 4.95. The molecular formula is C25H31NO5S. The van der Waals surface area contributed by atoms with Crippen LogP contribution in [0.2, 0.25) is 0 Å². The highest BCUT2D eigenvalue weighted by molar-refractivity contribution is 7.09. The van der Waals surface area contributed by atoms with Gasteiger partial charge in [0.2, 0.25) is 0 Å². The van der Waals surface area contributed by atoms with Crippen LogP contribution in [-0.2, 0) is 9.47 Å². The number of hydrogen-bond donors (Lipinski definition) is 1. The van der Waals surface area contributed by atoms with Crippen LogP contribution in [0.3, 0.4) is 0 Å². The third kappa shape index (κ3) is 5.57. The average Bonchev–Trinajstić information content (AvgIpc) is 3.38. The van der Waals surface area contributed by atoms with E-state index in [1.807, 2.05) is 44.2 Å². The fraction of sp³-hybridized carbons (Fsp3) is 0.520. The van der Waals surface area contributed by atoms with Crippen molar-refractivity contribution in [2.24, 2.45) is 11.8 Å². The number of aromatic nitrogens is 1. The van der Waals surface area contributed by atoms with Crippen molar-refractivity contribution in [2.75, 3.05) is 6.61 Å². The smallest absolute Gasteiger partial charge is 0.358 e. The molecule has 2 aliphatic rings. The van der Waals surface area contributed by atoms with Gasteiger partial charge in [0.05, 0.1) is 24.9 Å². The van der Waals surface area contributed by atoms with Gasteiger partial charge in [0.1, 0.15) is 16.9 Å².